The molecule has 2 aromatic rings. The fourth-order valence-corrected chi connectivity index (χ4v) is 3.53. The van der Waals surface area contributed by atoms with Gasteiger partial charge in [-0.15, -0.1) is 0 Å². The summed E-state index contributed by atoms with van der Waals surface area (Å²) in [4.78, 5) is 26.1. The number of rotatable bonds is 1. The maximum absolute atomic E-state index is 13.0. The number of likely N-dealkylation sites (N-methyl/N-ethyl adjacent to an activating group) is 1. The van der Waals surface area contributed by atoms with Crippen LogP contribution in [0.25, 0.3) is 11.0 Å². The first kappa shape index (κ1) is 14.5. The number of hydrogen-bond donors (Lipinski definition) is 0. The molecular weight excluding hydrogens is 292 g/mol. The molecule has 2 atom stereocenters. The van der Waals surface area contributed by atoms with Gasteiger partial charge in [0.15, 0.2) is 0 Å². The van der Waals surface area contributed by atoms with Crippen LogP contribution in [0, 0.1) is 5.92 Å². The second-order valence-electron chi connectivity index (χ2n) is 6.48. The summed E-state index contributed by atoms with van der Waals surface area (Å²) in [5.74, 6) is 0.309. The number of nitrogens with zero attached hydrogens (tertiary/aromatic N) is 4. The molecule has 3 heterocycles. The zero-order valence-electron chi connectivity index (χ0n) is 13.2. The van der Waals surface area contributed by atoms with Crippen LogP contribution in [0.3, 0.4) is 0 Å². The number of fused-ring (bicyclic) bond motifs is 4. The van der Waals surface area contributed by atoms with Crippen molar-refractivity contribution in [3.8, 4) is 0 Å². The molecule has 0 saturated carbocycles. The number of aromatic nitrogens is 2. The van der Waals surface area contributed by atoms with E-state index in [1.165, 1.54) is 0 Å². The van der Waals surface area contributed by atoms with Gasteiger partial charge in [-0.05, 0) is 19.2 Å². The van der Waals surface area contributed by atoms with E-state index in [2.05, 4.69) is 21.9 Å². The smallest absolute Gasteiger partial charge is 0.274 e. The summed E-state index contributed by atoms with van der Waals surface area (Å²) in [6, 6.07) is 7.69. The summed E-state index contributed by atoms with van der Waals surface area (Å²) in [6.07, 6.45) is 1.59. The summed E-state index contributed by atoms with van der Waals surface area (Å²) in [6.45, 7) is 3.83. The van der Waals surface area contributed by atoms with Gasteiger partial charge in [-0.1, -0.05) is 12.1 Å². The number of benzene rings is 1. The molecule has 120 valence electrons. The first-order valence-electron chi connectivity index (χ1n) is 8.00. The summed E-state index contributed by atoms with van der Waals surface area (Å²) in [5, 5.41) is 0. The van der Waals surface area contributed by atoms with Gasteiger partial charge in [-0.3, -0.25) is 9.78 Å². The lowest BCUT2D eigenvalue weighted by Crippen LogP contribution is -2.46. The SMILES string of the molecule is CN1C[C@@H]2COC[C@H](C1)N(C(=O)c1cnc3ccccc3n1)C2. The fourth-order valence-electron chi connectivity index (χ4n) is 3.53. The van der Waals surface area contributed by atoms with Crippen molar-refractivity contribution in [3.05, 3.63) is 36.2 Å². The van der Waals surface area contributed by atoms with E-state index in [1.807, 2.05) is 29.2 Å². The Balaban J connectivity index is 1.66. The van der Waals surface area contributed by atoms with E-state index in [9.17, 15) is 4.79 Å². The van der Waals surface area contributed by atoms with Crippen molar-refractivity contribution in [3.63, 3.8) is 0 Å². The number of hydrogen-bond acceptors (Lipinski definition) is 5. The van der Waals surface area contributed by atoms with E-state index >= 15 is 0 Å². The van der Waals surface area contributed by atoms with Gasteiger partial charge < -0.3 is 14.5 Å². The van der Waals surface area contributed by atoms with Crippen molar-refractivity contribution in [1.82, 2.24) is 19.8 Å². The van der Waals surface area contributed by atoms with E-state index < -0.39 is 0 Å². The maximum Gasteiger partial charge on any atom is 0.274 e. The van der Waals surface area contributed by atoms with Gasteiger partial charge in [-0.25, -0.2) is 4.98 Å². The van der Waals surface area contributed by atoms with E-state index in [4.69, 9.17) is 4.74 Å². The van der Waals surface area contributed by atoms with Crippen LogP contribution < -0.4 is 0 Å². The van der Waals surface area contributed by atoms with Crippen LogP contribution in [0.5, 0.6) is 0 Å². The van der Waals surface area contributed by atoms with Crippen LogP contribution in [-0.2, 0) is 4.74 Å². The molecule has 1 amide bonds. The standard InChI is InChI=1S/C17H20N4O2/c1-20-7-12-8-21(13(9-20)11-23-10-12)17(22)16-6-18-14-4-2-3-5-15(14)19-16/h2-6,12-13H,7-11H2,1H3/t12-,13-/m0/s1. The van der Waals surface area contributed by atoms with Crippen molar-refractivity contribution in [1.29, 1.82) is 0 Å². The summed E-state index contributed by atoms with van der Waals surface area (Å²) in [7, 11) is 2.11. The minimum Gasteiger partial charge on any atom is -0.379 e. The highest BCUT2D eigenvalue weighted by atomic mass is 16.5. The quantitative estimate of drug-likeness (QED) is 0.787. The predicted octanol–water partition coefficient (Wildman–Crippen LogP) is 1.03. The monoisotopic (exact) mass is 312 g/mol. The van der Waals surface area contributed by atoms with Crippen LogP contribution >= 0.6 is 0 Å². The highest BCUT2D eigenvalue weighted by Crippen LogP contribution is 2.21. The zero-order valence-corrected chi connectivity index (χ0v) is 13.2. The molecule has 0 unspecified atom stereocenters. The third-order valence-corrected chi connectivity index (χ3v) is 4.58. The van der Waals surface area contributed by atoms with E-state index in [1.54, 1.807) is 6.20 Å². The Labute approximate surface area is 135 Å². The van der Waals surface area contributed by atoms with Crippen LogP contribution in [0.2, 0.25) is 0 Å². The second-order valence-corrected chi connectivity index (χ2v) is 6.48. The van der Waals surface area contributed by atoms with Crippen LogP contribution in [0.4, 0.5) is 0 Å². The van der Waals surface area contributed by atoms with Crippen LogP contribution in [-0.4, -0.2) is 71.6 Å². The second kappa shape index (κ2) is 5.86. The molecule has 6 nitrogen and oxygen atoms in total. The lowest BCUT2D eigenvalue weighted by molar-refractivity contribution is 0.0480. The summed E-state index contributed by atoms with van der Waals surface area (Å²) < 4.78 is 5.74. The average Bonchev–Trinajstić information content (AvgIpc) is 2.84. The molecule has 0 aliphatic carbocycles. The molecule has 0 spiro atoms. The molecule has 4 rings (SSSR count). The van der Waals surface area contributed by atoms with Crippen molar-refractivity contribution >= 4 is 16.9 Å². The number of carbonyl (C=O) groups is 1. The Morgan fingerprint density at radius 3 is 2.87 bits per heavy atom. The number of ether oxygens (including phenoxy) is 1. The van der Waals surface area contributed by atoms with E-state index in [0.717, 1.165) is 30.7 Å². The third kappa shape index (κ3) is 2.80. The minimum atomic E-state index is -0.0425. The Morgan fingerprint density at radius 2 is 2.00 bits per heavy atom. The number of para-hydroxylation sites is 2. The normalized spacial score (nSPS) is 25.3. The molecule has 0 N–H and O–H groups in total. The van der Waals surface area contributed by atoms with Crippen molar-refractivity contribution < 1.29 is 9.53 Å². The van der Waals surface area contributed by atoms with E-state index in [-0.39, 0.29) is 11.9 Å². The van der Waals surface area contributed by atoms with Crippen LogP contribution in [0.1, 0.15) is 10.5 Å². The van der Waals surface area contributed by atoms with E-state index in [0.29, 0.717) is 24.8 Å². The van der Waals surface area contributed by atoms with Gasteiger partial charge in [-0.2, -0.15) is 0 Å². The summed E-state index contributed by atoms with van der Waals surface area (Å²) >= 11 is 0. The van der Waals surface area contributed by atoms with Gasteiger partial charge in [0.05, 0.1) is 36.5 Å². The first-order chi connectivity index (χ1) is 11.2. The molecule has 23 heavy (non-hydrogen) atoms. The molecule has 2 fully saturated rings. The van der Waals surface area contributed by atoms with Crippen molar-refractivity contribution in [2.75, 3.05) is 39.9 Å². The first-order valence-corrected chi connectivity index (χ1v) is 8.00. The van der Waals surface area contributed by atoms with Gasteiger partial charge in [0.2, 0.25) is 0 Å². The average molecular weight is 312 g/mol. The zero-order chi connectivity index (χ0) is 15.8. The fraction of sp³-hybridized carbons (Fsp3) is 0.471. The number of carbonyl (C=O) groups excluding carboxylic acids is 1. The molecule has 0 radical (unpaired) electrons. The molecule has 2 aliphatic rings. The lowest BCUT2D eigenvalue weighted by atomic mass is 10.1. The number of amides is 1. The minimum absolute atomic E-state index is 0.0425. The third-order valence-electron chi connectivity index (χ3n) is 4.58. The Morgan fingerprint density at radius 1 is 1.17 bits per heavy atom. The van der Waals surface area contributed by atoms with Crippen molar-refractivity contribution in [2.24, 2.45) is 5.92 Å². The molecule has 2 aliphatic heterocycles. The Kier molecular flexibility index (Phi) is 3.71. The Hall–Kier alpha value is -2.05. The van der Waals surface area contributed by atoms with Gasteiger partial charge in [0.1, 0.15) is 5.69 Å². The Bertz CT molecular complexity index is 735. The molecule has 2 bridgehead atoms. The van der Waals surface area contributed by atoms with Gasteiger partial charge in [0.25, 0.3) is 5.91 Å². The van der Waals surface area contributed by atoms with Gasteiger partial charge >= 0.3 is 0 Å². The van der Waals surface area contributed by atoms with Gasteiger partial charge in [0, 0.05) is 25.6 Å². The molecular formula is C17H20N4O2. The highest BCUT2D eigenvalue weighted by molar-refractivity contribution is 5.94. The van der Waals surface area contributed by atoms with Crippen molar-refractivity contribution in [2.45, 2.75) is 6.04 Å². The predicted molar refractivity (Wildman–Crippen MR) is 86.2 cm³/mol. The summed E-state index contributed by atoms with van der Waals surface area (Å²) in [5.41, 5.74) is 1.98. The molecule has 2 saturated heterocycles. The maximum atomic E-state index is 13.0. The largest absolute Gasteiger partial charge is 0.379 e. The molecule has 1 aromatic carbocycles. The topological polar surface area (TPSA) is 58.6 Å². The molecule has 6 heteroatoms. The lowest BCUT2D eigenvalue weighted by Gasteiger charge is -2.29. The molecule has 1 aromatic heterocycles. The van der Waals surface area contributed by atoms with Crippen LogP contribution in [0.15, 0.2) is 30.5 Å². The highest BCUT2D eigenvalue weighted by Gasteiger charge is 2.35.